The van der Waals surface area contributed by atoms with Gasteiger partial charge in [-0.05, 0) is 26.0 Å². The SMILES string of the molecule is CCOc1ccccc1NC(=O)CSc1nnc(Cc2csc(C)n2)o1. The molecule has 3 aromatic rings. The lowest BCUT2D eigenvalue weighted by molar-refractivity contribution is -0.113. The maximum absolute atomic E-state index is 12.2. The van der Waals surface area contributed by atoms with Gasteiger partial charge in [0.2, 0.25) is 11.8 Å². The van der Waals surface area contributed by atoms with Crippen molar-refractivity contribution in [2.75, 3.05) is 17.7 Å². The Labute approximate surface area is 159 Å². The van der Waals surface area contributed by atoms with Crippen LogP contribution < -0.4 is 10.1 Å². The molecular formula is C17H18N4O3S2. The highest BCUT2D eigenvalue weighted by atomic mass is 32.2. The fraction of sp³-hybridized carbons (Fsp3) is 0.294. The highest BCUT2D eigenvalue weighted by molar-refractivity contribution is 7.99. The van der Waals surface area contributed by atoms with Crippen LogP contribution >= 0.6 is 23.1 Å². The molecule has 3 rings (SSSR count). The summed E-state index contributed by atoms with van der Waals surface area (Å²) >= 11 is 2.77. The maximum Gasteiger partial charge on any atom is 0.277 e. The number of aryl methyl sites for hydroxylation is 1. The van der Waals surface area contributed by atoms with E-state index in [1.54, 1.807) is 17.4 Å². The largest absolute Gasteiger partial charge is 0.492 e. The average Bonchev–Trinajstić information content (AvgIpc) is 3.24. The molecule has 0 aliphatic rings. The van der Waals surface area contributed by atoms with E-state index in [9.17, 15) is 4.79 Å². The average molecular weight is 390 g/mol. The van der Waals surface area contributed by atoms with Gasteiger partial charge in [-0.1, -0.05) is 23.9 Å². The summed E-state index contributed by atoms with van der Waals surface area (Å²) in [6.07, 6.45) is 0.492. The van der Waals surface area contributed by atoms with Crippen LogP contribution in [0.5, 0.6) is 5.75 Å². The number of thioether (sulfide) groups is 1. The number of carbonyl (C=O) groups is 1. The minimum Gasteiger partial charge on any atom is -0.492 e. The Bertz CT molecular complexity index is 878. The van der Waals surface area contributed by atoms with Crippen molar-refractivity contribution in [1.82, 2.24) is 15.2 Å². The van der Waals surface area contributed by atoms with Crippen molar-refractivity contribution >= 4 is 34.7 Å². The normalized spacial score (nSPS) is 10.7. The first-order valence-corrected chi connectivity index (χ1v) is 9.88. The summed E-state index contributed by atoms with van der Waals surface area (Å²) in [7, 11) is 0. The molecule has 0 saturated heterocycles. The van der Waals surface area contributed by atoms with Crippen LogP contribution in [0, 0.1) is 6.92 Å². The monoisotopic (exact) mass is 390 g/mol. The van der Waals surface area contributed by atoms with E-state index >= 15 is 0 Å². The van der Waals surface area contributed by atoms with Gasteiger partial charge < -0.3 is 14.5 Å². The second-order valence-corrected chi connectivity index (χ2v) is 7.25. The van der Waals surface area contributed by atoms with Crippen molar-refractivity contribution in [2.24, 2.45) is 0 Å². The summed E-state index contributed by atoms with van der Waals surface area (Å²) in [5.41, 5.74) is 1.54. The smallest absolute Gasteiger partial charge is 0.277 e. The van der Waals surface area contributed by atoms with Gasteiger partial charge in [-0.25, -0.2) is 4.98 Å². The number of hydrogen-bond donors (Lipinski definition) is 1. The maximum atomic E-state index is 12.2. The number of benzene rings is 1. The molecule has 0 saturated carbocycles. The fourth-order valence-electron chi connectivity index (χ4n) is 2.18. The fourth-order valence-corrected chi connectivity index (χ4v) is 3.37. The van der Waals surface area contributed by atoms with Crippen molar-refractivity contribution in [2.45, 2.75) is 25.5 Å². The number of para-hydroxylation sites is 2. The van der Waals surface area contributed by atoms with E-state index in [1.807, 2.05) is 37.4 Å². The number of aromatic nitrogens is 3. The molecule has 2 aromatic heterocycles. The van der Waals surface area contributed by atoms with Gasteiger partial charge in [-0.15, -0.1) is 21.5 Å². The van der Waals surface area contributed by atoms with Crippen molar-refractivity contribution in [3.05, 3.63) is 46.2 Å². The molecule has 0 aliphatic carbocycles. The van der Waals surface area contributed by atoms with Crippen LogP contribution in [0.3, 0.4) is 0 Å². The van der Waals surface area contributed by atoms with E-state index in [-0.39, 0.29) is 11.7 Å². The lowest BCUT2D eigenvalue weighted by Gasteiger charge is -2.10. The Morgan fingerprint density at radius 3 is 2.96 bits per heavy atom. The van der Waals surface area contributed by atoms with Crippen LogP contribution in [0.1, 0.15) is 23.5 Å². The number of amides is 1. The second-order valence-electron chi connectivity index (χ2n) is 5.26. The van der Waals surface area contributed by atoms with E-state index < -0.39 is 0 Å². The van der Waals surface area contributed by atoms with Crippen LogP contribution in [0.4, 0.5) is 5.69 Å². The second kappa shape index (κ2) is 8.81. The minimum atomic E-state index is -0.169. The molecule has 0 unspecified atom stereocenters. The number of carbonyl (C=O) groups excluding carboxylic acids is 1. The molecular weight excluding hydrogens is 372 g/mol. The van der Waals surface area contributed by atoms with Gasteiger partial charge in [-0.2, -0.15) is 0 Å². The van der Waals surface area contributed by atoms with Crippen LogP contribution in [-0.4, -0.2) is 33.4 Å². The minimum absolute atomic E-state index is 0.165. The zero-order valence-corrected chi connectivity index (χ0v) is 16.0. The third-order valence-electron chi connectivity index (χ3n) is 3.23. The Kier molecular flexibility index (Phi) is 6.24. The predicted molar refractivity (Wildman–Crippen MR) is 101 cm³/mol. The first-order valence-electron chi connectivity index (χ1n) is 8.02. The molecule has 0 bridgehead atoms. The van der Waals surface area contributed by atoms with Gasteiger partial charge in [0, 0.05) is 5.38 Å². The number of anilines is 1. The Morgan fingerprint density at radius 2 is 2.19 bits per heavy atom. The van der Waals surface area contributed by atoms with Crippen molar-refractivity contribution in [1.29, 1.82) is 0 Å². The molecule has 0 radical (unpaired) electrons. The van der Waals surface area contributed by atoms with Crippen LogP contribution in [0.15, 0.2) is 39.3 Å². The number of ether oxygens (including phenoxy) is 1. The standard InChI is InChI=1S/C17H18N4O3S2/c1-3-23-14-7-5-4-6-13(14)19-15(22)10-26-17-21-20-16(24-17)8-12-9-25-11(2)18-12/h4-7,9H,3,8,10H2,1-2H3,(H,19,22). The zero-order valence-electron chi connectivity index (χ0n) is 14.4. The van der Waals surface area contributed by atoms with Gasteiger partial charge in [0.1, 0.15) is 5.75 Å². The third-order valence-corrected chi connectivity index (χ3v) is 4.88. The molecule has 0 atom stereocenters. The Morgan fingerprint density at radius 1 is 1.35 bits per heavy atom. The lowest BCUT2D eigenvalue weighted by Crippen LogP contribution is -2.14. The van der Waals surface area contributed by atoms with Crippen molar-refractivity contribution < 1.29 is 13.9 Å². The first-order chi connectivity index (χ1) is 12.6. The van der Waals surface area contributed by atoms with Crippen LogP contribution in [0.2, 0.25) is 0 Å². The predicted octanol–water partition coefficient (Wildman–Crippen LogP) is 3.55. The number of nitrogens with zero attached hydrogens (tertiary/aromatic N) is 3. The van der Waals surface area contributed by atoms with Gasteiger partial charge >= 0.3 is 0 Å². The molecule has 1 amide bonds. The van der Waals surface area contributed by atoms with Gasteiger partial charge in [-0.3, -0.25) is 4.79 Å². The van der Waals surface area contributed by atoms with Crippen molar-refractivity contribution in [3.63, 3.8) is 0 Å². The van der Waals surface area contributed by atoms with E-state index in [0.717, 1.165) is 10.7 Å². The van der Waals surface area contributed by atoms with E-state index in [0.29, 0.717) is 35.6 Å². The number of nitrogens with one attached hydrogen (secondary N) is 1. The number of thiazole rings is 1. The van der Waals surface area contributed by atoms with E-state index in [4.69, 9.17) is 9.15 Å². The summed E-state index contributed by atoms with van der Waals surface area (Å²) in [6.45, 7) is 4.38. The molecule has 1 N–H and O–H groups in total. The number of hydrogen-bond acceptors (Lipinski definition) is 8. The third kappa shape index (κ3) is 5.06. The summed E-state index contributed by atoms with van der Waals surface area (Å²) in [4.78, 5) is 16.5. The van der Waals surface area contributed by atoms with E-state index in [2.05, 4.69) is 20.5 Å². The van der Waals surface area contributed by atoms with E-state index in [1.165, 1.54) is 11.8 Å². The van der Waals surface area contributed by atoms with Crippen molar-refractivity contribution in [3.8, 4) is 5.75 Å². The molecule has 2 heterocycles. The molecule has 0 aliphatic heterocycles. The molecule has 0 fully saturated rings. The quantitative estimate of drug-likeness (QED) is 0.588. The highest BCUT2D eigenvalue weighted by Gasteiger charge is 2.12. The molecule has 1 aromatic carbocycles. The summed E-state index contributed by atoms with van der Waals surface area (Å²) in [5, 5.41) is 14.1. The first kappa shape index (κ1) is 18.4. The number of rotatable bonds is 8. The highest BCUT2D eigenvalue weighted by Crippen LogP contribution is 2.24. The summed E-state index contributed by atoms with van der Waals surface area (Å²) in [5.74, 6) is 1.13. The molecule has 0 spiro atoms. The molecule has 26 heavy (non-hydrogen) atoms. The zero-order chi connectivity index (χ0) is 18.4. The lowest BCUT2D eigenvalue weighted by atomic mass is 10.3. The van der Waals surface area contributed by atoms with Gasteiger partial charge in [0.05, 0.1) is 35.2 Å². The van der Waals surface area contributed by atoms with Crippen LogP contribution in [-0.2, 0) is 11.2 Å². The van der Waals surface area contributed by atoms with Gasteiger partial charge in [0.25, 0.3) is 5.22 Å². The Hall–Kier alpha value is -2.39. The molecule has 9 heteroatoms. The molecule has 7 nitrogen and oxygen atoms in total. The van der Waals surface area contributed by atoms with Crippen LogP contribution in [0.25, 0.3) is 0 Å². The summed E-state index contributed by atoms with van der Waals surface area (Å²) in [6, 6.07) is 7.32. The topological polar surface area (TPSA) is 90.1 Å². The Balaban J connectivity index is 1.52. The molecule has 136 valence electrons. The summed E-state index contributed by atoms with van der Waals surface area (Å²) < 4.78 is 11.1. The van der Waals surface area contributed by atoms with Gasteiger partial charge in [0.15, 0.2) is 0 Å².